The largest absolute Gasteiger partial charge is 0.368 e. The van der Waals surface area contributed by atoms with E-state index in [1.807, 2.05) is 24.4 Å². The Morgan fingerprint density at radius 3 is 2.86 bits per heavy atom. The van der Waals surface area contributed by atoms with E-state index in [1.54, 1.807) is 0 Å². The summed E-state index contributed by atoms with van der Waals surface area (Å²) < 4.78 is 0. The van der Waals surface area contributed by atoms with E-state index in [0.29, 0.717) is 6.04 Å². The van der Waals surface area contributed by atoms with Crippen LogP contribution < -0.4 is 10.2 Å². The molecule has 0 saturated heterocycles. The molecule has 0 bridgehead atoms. The molecule has 0 spiro atoms. The first-order valence-corrected chi connectivity index (χ1v) is 7.73. The number of aromatic nitrogens is 1. The lowest BCUT2D eigenvalue weighted by molar-refractivity contribution is 0.685. The summed E-state index contributed by atoms with van der Waals surface area (Å²) in [6.07, 6.45) is 4.42. The van der Waals surface area contributed by atoms with E-state index in [2.05, 4.69) is 40.4 Å². The van der Waals surface area contributed by atoms with Crippen molar-refractivity contribution in [2.45, 2.75) is 32.0 Å². The fraction of sp³-hybridized carbons (Fsp3) is 0.353. The number of nitrogens with one attached hydrogen (secondary N) is 1. The van der Waals surface area contributed by atoms with Gasteiger partial charge in [0, 0.05) is 36.5 Å². The molecule has 2 aromatic rings. The molecule has 3 nitrogen and oxygen atoms in total. The Balaban J connectivity index is 1.75. The number of rotatable bonds is 6. The van der Waals surface area contributed by atoms with Crippen LogP contribution in [0.25, 0.3) is 0 Å². The zero-order valence-corrected chi connectivity index (χ0v) is 13.0. The zero-order chi connectivity index (χ0) is 14.7. The Morgan fingerprint density at radius 2 is 2.14 bits per heavy atom. The van der Waals surface area contributed by atoms with Crippen LogP contribution in [0.15, 0.2) is 42.6 Å². The van der Waals surface area contributed by atoms with Crippen LogP contribution in [0.2, 0.25) is 5.02 Å². The second-order valence-corrected chi connectivity index (χ2v) is 6.04. The van der Waals surface area contributed by atoms with Crippen molar-refractivity contribution in [3.05, 3.63) is 58.9 Å². The van der Waals surface area contributed by atoms with Crippen molar-refractivity contribution in [1.29, 1.82) is 0 Å². The minimum atomic E-state index is 0.693. The average molecular weight is 302 g/mol. The number of pyridine rings is 1. The summed E-state index contributed by atoms with van der Waals surface area (Å²) in [5.41, 5.74) is 3.52. The first-order valence-electron chi connectivity index (χ1n) is 7.35. The van der Waals surface area contributed by atoms with Gasteiger partial charge < -0.3 is 10.2 Å². The molecule has 4 heteroatoms. The number of anilines is 1. The molecular formula is C17H20ClN3. The Kier molecular flexibility index (Phi) is 4.42. The average Bonchev–Trinajstić information content (AvgIpc) is 3.30. The Hall–Kier alpha value is -1.58. The van der Waals surface area contributed by atoms with Crippen molar-refractivity contribution in [2.75, 3.05) is 11.9 Å². The molecule has 110 valence electrons. The van der Waals surface area contributed by atoms with Gasteiger partial charge in [-0.25, -0.2) is 0 Å². The lowest BCUT2D eigenvalue weighted by Gasteiger charge is -2.22. The molecule has 0 unspecified atom stereocenters. The van der Waals surface area contributed by atoms with Crippen LogP contribution in [0.4, 0.5) is 5.69 Å². The first kappa shape index (κ1) is 14.4. The number of benzene rings is 1. The van der Waals surface area contributed by atoms with E-state index >= 15 is 0 Å². The Bertz CT molecular complexity index is 596. The third-order valence-electron chi connectivity index (χ3n) is 3.74. The minimum Gasteiger partial charge on any atom is -0.368 e. The summed E-state index contributed by atoms with van der Waals surface area (Å²) in [7, 11) is 2.10. The molecule has 1 aromatic carbocycles. The summed E-state index contributed by atoms with van der Waals surface area (Å²) in [5, 5.41) is 4.35. The summed E-state index contributed by atoms with van der Waals surface area (Å²) in [6.45, 7) is 1.66. The third kappa shape index (κ3) is 3.96. The van der Waals surface area contributed by atoms with Crippen molar-refractivity contribution in [3.63, 3.8) is 0 Å². The second-order valence-electron chi connectivity index (χ2n) is 5.61. The standard InChI is InChI=1S/C17H20ClN3/c1-21(12-16-4-2-3-9-19-16)17-8-5-14(18)10-13(17)11-20-15-6-7-15/h2-5,8-10,15,20H,6-7,11-12H2,1H3. The number of hydrogen-bond donors (Lipinski definition) is 1. The lowest BCUT2D eigenvalue weighted by atomic mass is 10.1. The van der Waals surface area contributed by atoms with Gasteiger partial charge in [0.05, 0.1) is 12.2 Å². The smallest absolute Gasteiger partial charge is 0.0598 e. The molecule has 0 amide bonds. The van der Waals surface area contributed by atoms with Crippen LogP contribution in [-0.4, -0.2) is 18.1 Å². The van der Waals surface area contributed by atoms with E-state index in [4.69, 9.17) is 11.6 Å². The zero-order valence-electron chi connectivity index (χ0n) is 12.2. The van der Waals surface area contributed by atoms with Crippen LogP contribution in [0.1, 0.15) is 24.1 Å². The molecule has 3 rings (SSSR count). The minimum absolute atomic E-state index is 0.693. The van der Waals surface area contributed by atoms with Crippen LogP contribution in [-0.2, 0) is 13.1 Å². The van der Waals surface area contributed by atoms with Crippen molar-refractivity contribution < 1.29 is 0 Å². The maximum absolute atomic E-state index is 6.15. The molecule has 1 N–H and O–H groups in total. The second kappa shape index (κ2) is 6.46. The fourth-order valence-electron chi connectivity index (χ4n) is 2.43. The van der Waals surface area contributed by atoms with Gasteiger partial charge in [-0.15, -0.1) is 0 Å². The normalized spacial score (nSPS) is 14.2. The Morgan fingerprint density at radius 1 is 1.29 bits per heavy atom. The van der Waals surface area contributed by atoms with Gasteiger partial charge in [0.25, 0.3) is 0 Å². The van der Waals surface area contributed by atoms with Crippen molar-refractivity contribution in [1.82, 2.24) is 10.3 Å². The van der Waals surface area contributed by atoms with Gasteiger partial charge in [-0.3, -0.25) is 4.98 Å². The van der Waals surface area contributed by atoms with Crippen LogP contribution in [0.3, 0.4) is 0 Å². The van der Waals surface area contributed by atoms with E-state index in [1.165, 1.54) is 24.1 Å². The Labute approximate surface area is 131 Å². The van der Waals surface area contributed by atoms with Gasteiger partial charge >= 0.3 is 0 Å². The molecule has 0 atom stereocenters. The quantitative estimate of drug-likeness (QED) is 0.883. The molecule has 1 saturated carbocycles. The van der Waals surface area contributed by atoms with Gasteiger partial charge in [0.15, 0.2) is 0 Å². The topological polar surface area (TPSA) is 28.2 Å². The SMILES string of the molecule is CN(Cc1ccccn1)c1ccc(Cl)cc1CNC1CC1. The van der Waals surface area contributed by atoms with Crippen molar-refractivity contribution >= 4 is 17.3 Å². The molecule has 21 heavy (non-hydrogen) atoms. The summed E-state index contributed by atoms with van der Waals surface area (Å²) in [5.74, 6) is 0. The molecule has 1 heterocycles. The molecule has 1 aromatic heterocycles. The van der Waals surface area contributed by atoms with E-state index in [-0.39, 0.29) is 0 Å². The summed E-state index contributed by atoms with van der Waals surface area (Å²) in [6, 6.07) is 12.8. The van der Waals surface area contributed by atoms with Crippen LogP contribution in [0.5, 0.6) is 0 Å². The lowest BCUT2D eigenvalue weighted by Crippen LogP contribution is -2.22. The predicted octanol–water partition coefficient (Wildman–Crippen LogP) is 3.62. The predicted molar refractivity (Wildman–Crippen MR) is 87.7 cm³/mol. The fourth-order valence-corrected chi connectivity index (χ4v) is 2.62. The highest BCUT2D eigenvalue weighted by Gasteiger charge is 2.21. The molecule has 1 aliphatic rings. The van der Waals surface area contributed by atoms with E-state index < -0.39 is 0 Å². The van der Waals surface area contributed by atoms with Crippen molar-refractivity contribution in [2.24, 2.45) is 0 Å². The van der Waals surface area contributed by atoms with Crippen molar-refractivity contribution in [3.8, 4) is 0 Å². The highest BCUT2D eigenvalue weighted by Crippen LogP contribution is 2.26. The molecule has 0 aliphatic heterocycles. The van der Waals surface area contributed by atoms with Gasteiger partial charge in [0.2, 0.25) is 0 Å². The van der Waals surface area contributed by atoms with Crippen LogP contribution in [0, 0.1) is 0 Å². The van der Waals surface area contributed by atoms with Gasteiger partial charge in [-0.1, -0.05) is 17.7 Å². The number of hydrogen-bond acceptors (Lipinski definition) is 3. The number of halogens is 1. The van der Waals surface area contributed by atoms with E-state index in [9.17, 15) is 0 Å². The maximum atomic E-state index is 6.15. The molecule has 0 radical (unpaired) electrons. The first-order chi connectivity index (χ1) is 10.2. The van der Waals surface area contributed by atoms with Crippen LogP contribution >= 0.6 is 11.6 Å². The monoisotopic (exact) mass is 301 g/mol. The highest BCUT2D eigenvalue weighted by atomic mass is 35.5. The van der Waals surface area contributed by atoms with Gasteiger partial charge in [-0.05, 0) is 48.7 Å². The maximum Gasteiger partial charge on any atom is 0.0598 e. The third-order valence-corrected chi connectivity index (χ3v) is 3.97. The summed E-state index contributed by atoms with van der Waals surface area (Å²) >= 11 is 6.15. The van der Waals surface area contributed by atoms with Gasteiger partial charge in [0.1, 0.15) is 0 Å². The van der Waals surface area contributed by atoms with Gasteiger partial charge in [-0.2, -0.15) is 0 Å². The molecular weight excluding hydrogens is 282 g/mol. The number of nitrogens with zero attached hydrogens (tertiary/aromatic N) is 2. The highest BCUT2D eigenvalue weighted by molar-refractivity contribution is 6.30. The molecule has 1 aliphatic carbocycles. The summed E-state index contributed by atoms with van der Waals surface area (Å²) in [4.78, 5) is 6.62. The molecule has 1 fully saturated rings. The van der Waals surface area contributed by atoms with E-state index in [0.717, 1.165) is 23.8 Å².